The first-order chi connectivity index (χ1) is 33.4. The van der Waals surface area contributed by atoms with Crippen LogP contribution in [0, 0.1) is 11.6 Å². The van der Waals surface area contributed by atoms with Gasteiger partial charge in [0.15, 0.2) is 46.2 Å². The van der Waals surface area contributed by atoms with E-state index in [-0.39, 0.29) is 78.4 Å². The summed E-state index contributed by atoms with van der Waals surface area (Å²) >= 11 is 4.24. The molecule has 0 radical (unpaired) electrons. The van der Waals surface area contributed by atoms with E-state index >= 15 is 0 Å². The predicted molar refractivity (Wildman–Crippen MR) is 293 cm³/mol. The molecule has 0 aliphatic heterocycles. The third-order valence-corrected chi connectivity index (χ3v) is 8.75. The molecule has 8 aromatic rings. The minimum absolute atomic E-state index is 0. The number of amides is 2. The van der Waals surface area contributed by atoms with E-state index < -0.39 is 33.8 Å². The molecule has 2 amide bonds. The summed E-state index contributed by atoms with van der Waals surface area (Å²) < 4.78 is 59.5. The maximum absolute atomic E-state index is 14.1. The number of hydrogen-bond acceptors (Lipinski definition) is 18. The number of nitrogens with zero attached hydrogens (tertiary/aromatic N) is 10. The van der Waals surface area contributed by atoms with E-state index in [1.165, 1.54) is 26.4 Å². The average molecular weight is 1240 g/mol. The maximum atomic E-state index is 14.1. The lowest BCUT2D eigenvalue weighted by Gasteiger charge is -2.10. The summed E-state index contributed by atoms with van der Waals surface area (Å²) in [7, 11) is 1.19. The number of fused-ring (bicyclic) bond motifs is 2. The fourth-order valence-corrected chi connectivity index (χ4v) is 5.91. The Labute approximate surface area is 434 Å². The summed E-state index contributed by atoms with van der Waals surface area (Å²) in [6.07, 6.45) is 8.26. The van der Waals surface area contributed by atoms with E-state index in [4.69, 9.17) is 22.9 Å². The van der Waals surface area contributed by atoms with Gasteiger partial charge in [-0.3, -0.25) is 19.1 Å². The molecule has 22 nitrogen and oxygen atoms in total. The molecule has 8 rings (SSSR count). The lowest BCUT2D eigenvalue weighted by atomic mass is 10.2. The first-order valence-corrected chi connectivity index (χ1v) is 29.9. The molecule has 0 spiro atoms. The van der Waals surface area contributed by atoms with E-state index in [0.29, 0.717) is 44.6 Å². The lowest BCUT2D eigenvalue weighted by Crippen LogP contribution is -2.16. The molecular formula is C43H50F2I2N16O6S2. The molecule has 0 unspecified atom stereocenters. The number of ether oxygens (including phenoxy) is 2. The number of hydrogen-bond donors (Lipinski definition) is 6. The first kappa shape index (κ1) is 58.5. The molecule has 10 N–H and O–H groups in total. The van der Waals surface area contributed by atoms with Gasteiger partial charge >= 0.3 is 12.2 Å². The number of nitrogens with one attached hydrogen (secondary N) is 2. The third kappa shape index (κ3) is 16.1. The highest BCUT2D eigenvalue weighted by molar-refractivity contribution is 15.0. The highest BCUT2D eigenvalue weighted by Crippen LogP contribution is 2.32. The van der Waals surface area contributed by atoms with Crippen LogP contribution in [0.25, 0.3) is 45.1 Å². The number of anilines is 6. The van der Waals surface area contributed by atoms with Crippen LogP contribution < -0.4 is 33.6 Å². The van der Waals surface area contributed by atoms with Crippen molar-refractivity contribution in [3.63, 3.8) is 0 Å². The summed E-state index contributed by atoms with van der Waals surface area (Å²) in [5.41, 5.74) is 26.6. The van der Waals surface area contributed by atoms with E-state index in [9.17, 15) is 26.8 Å². The van der Waals surface area contributed by atoms with E-state index in [1.54, 1.807) is 107 Å². The molecule has 0 aliphatic carbocycles. The summed E-state index contributed by atoms with van der Waals surface area (Å²) in [4.78, 5) is 48.5. The Balaban J connectivity index is 0.000000313. The maximum Gasteiger partial charge on any atom is 0.411 e. The second kappa shape index (κ2) is 28.1. The zero-order valence-electron chi connectivity index (χ0n) is 38.1. The second-order valence-electron chi connectivity index (χ2n) is 14.0. The third-order valence-electron chi connectivity index (χ3n) is 8.75. The minimum atomic E-state index is -0.756. The Morgan fingerprint density at radius 2 is 0.901 bits per heavy atom. The SMILES string of the molecule is C.COC(=O)Nc1c(N)nc(-c2nn(Cc3ccccc3F)c3ncccc23)nc1N.COC(=O)Nc1c(N)nc(-c2nn(Cc3ccccc3F)c3ncccc23)nc1N.CS(C)=O.CS(C)=O.II. The van der Waals surface area contributed by atoms with Crippen molar-refractivity contribution in [3.8, 4) is 23.0 Å². The number of carbonyl (C=O) groups excluding carboxylic acids is 2. The van der Waals surface area contributed by atoms with Crippen LogP contribution >= 0.6 is 37.2 Å². The monoisotopic (exact) mass is 1240 g/mol. The molecule has 378 valence electrons. The molecule has 0 fully saturated rings. The molecule has 71 heavy (non-hydrogen) atoms. The van der Waals surface area contributed by atoms with Crippen molar-refractivity contribution in [1.29, 1.82) is 0 Å². The van der Waals surface area contributed by atoms with Crippen molar-refractivity contribution < 1.29 is 36.3 Å². The fourth-order valence-electron chi connectivity index (χ4n) is 5.91. The molecule has 28 heteroatoms. The number of benzene rings is 2. The molecule has 0 bridgehead atoms. The molecular weight excluding hydrogens is 1190 g/mol. The zero-order chi connectivity index (χ0) is 51.7. The Kier molecular flexibility index (Phi) is 23.2. The van der Waals surface area contributed by atoms with Crippen LogP contribution in [-0.2, 0) is 44.2 Å². The van der Waals surface area contributed by atoms with Gasteiger partial charge in [-0.1, -0.05) is 43.8 Å². The van der Waals surface area contributed by atoms with Crippen LogP contribution in [0.3, 0.4) is 0 Å². The summed E-state index contributed by atoms with van der Waals surface area (Å²) in [6, 6.07) is 19.9. The minimum Gasteiger partial charge on any atom is -0.453 e. The van der Waals surface area contributed by atoms with Gasteiger partial charge in [-0.2, -0.15) is 10.2 Å². The second-order valence-corrected chi connectivity index (χ2v) is 17.0. The smallest absolute Gasteiger partial charge is 0.411 e. The number of carbonyl (C=O) groups is 2. The van der Waals surface area contributed by atoms with Crippen molar-refractivity contribution in [3.05, 3.63) is 108 Å². The normalized spacial score (nSPS) is 10.3. The van der Waals surface area contributed by atoms with Gasteiger partial charge in [-0.15, -0.1) is 0 Å². The van der Waals surface area contributed by atoms with Crippen molar-refractivity contribution in [1.82, 2.24) is 49.5 Å². The first-order valence-electron chi connectivity index (χ1n) is 19.7. The molecule has 2 aromatic carbocycles. The van der Waals surface area contributed by atoms with Crippen molar-refractivity contribution >= 4 is 128 Å². The Hall–Kier alpha value is -6.80. The topological polar surface area (TPSA) is 328 Å². The predicted octanol–water partition coefficient (Wildman–Crippen LogP) is 7.23. The van der Waals surface area contributed by atoms with Gasteiger partial charge in [-0.05, 0) is 36.4 Å². The van der Waals surface area contributed by atoms with Crippen LogP contribution in [0.5, 0.6) is 0 Å². The molecule has 0 atom stereocenters. The number of pyridine rings is 2. The van der Waals surface area contributed by atoms with E-state index in [2.05, 4.69) is 97.4 Å². The van der Waals surface area contributed by atoms with E-state index in [1.807, 2.05) is 0 Å². The van der Waals surface area contributed by atoms with Crippen LogP contribution in [0.4, 0.5) is 53.0 Å². The summed E-state index contributed by atoms with van der Waals surface area (Å²) in [5, 5.41) is 15.1. The summed E-state index contributed by atoms with van der Waals surface area (Å²) in [5.74, 6) is -0.612. The number of halogens is 4. The van der Waals surface area contributed by atoms with Gasteiger partial charge in [0.1, 0.15) is 34.4 Å². The van der Waals surface area contributed by atoms with E-state index in [0.717, 1.165) is 0 Å². The van der Waals surface area contributed by atoms with Crippen LogP contribution in [0.2, 0.25) is 0 Å². The highest BCUT2D eigenvalue weighted by Gasteiger charge is 2.22. The fraction of sp³-hybridized carbons (Fsp3) is 0.209. The number of nitrogens with two attached hydrogens (primary N) is 4. The molecule has 0 aliphatic rings. The van der Waals surface area contributed by atoms with Gasteiger partial charge < -0.3 is 32.4 Å². The van der Waals surface area contributed by atoms with Crippen molar-refractivity contribution in [2.75, 3.05) is 72.8 Å². The average Bonchev–Trinajstić information content (AvgIpc) is 3.88. The van der Waals surface area contributed by atoms with Crippen molar-refractivity contribution in [2.24, 2.45) is 0 Å². The van der Waals surface area contributed by atoms with Crippen LogP contribution in [-0.4, -0.2) is 109 Å². The molecule has 0 saturated carbocycles. The van der Waals surface area contributed by atoms with Gasteiger partial charge in [0.2, 0.25) is 0 Å². The van der Waals surface area contributed by atoms with Gasteiger partial charge in [0.05, 0.1) is 38.1 Å². The summed E-state index contributed by atoms with van der Waals surface area (Å²) in [6.45, 7) is 0.320. The number of methoxy groups -OCH3 is 2. The number of rotatable bonds is 8. The Bertz CT molecular complexity index is 2890. The number of aromatic nitrogens is 10. The molecule has 0 saturated heterocycles. The van der Waals surface area contributed by atoms with Gasteiger partial charge in [0, 0.05) is 107 Å². The quantitative estimate of drug-likeness (QED) is 0.0817. The van der Waals surface area contributed by atoms with Crippen LogP contribution in [0.1, 0.15) is 18.6 Å². The Morgan fingerprint density at radius 3 is 1.20 bits per heavy atom. The highest BCUT2D eigenvalue weighted by atomic mass is 128. The molecule has 6 aromatic heterocycles. The zero-order valence-corrected chi connectivity index (χ0v) is 44.0. The molecule has 6 heterocycles. The lowest BCUT2D eigenvalue weighted by molar-refractivity contribution is 0.186. The van der Waals surface area contributed by atoms with Crippen molar-refractivity contribution in [2.45, 2.75) is 20.5 Å². The van der Waals surface area contributed by atoms with Crippen LogP contribution in [0.15, 0.2) is 85.2 Å². The Morgan fingerprint density at radius 1 is 0.592 bits per heavy atom. The number of nitrogen functional groups attached to an aromatic ring is 4. The standard InChI is InChI=1S/2C19H17FN8O2.2C2H6OS.CH4.I2/c2*1-30-19(29)24-14-15(21)25-17(26-16(14)22)13-11-6-4-8-23-18(11)28(27-13)9-10-5-2-3-7-12(10)20;2*1-4(2)3;;1-2/h2*2-8H,9H2,1H3,(H,24,29)(H4,21,22,25,26);2*1-2H3;1H4;. The van der Waals surface area contributed by atoms with Gasteiger partial charge in [-0.25, -0.2) is 57.6 Å². The largest absolute Gasteiger partial charge is 0.453 e. The van der Waals surface area contributed by atoms with Gasteiger partial charge in [0.25, 0.3) is 0 Å².